The number of rotatable bonds is 20. The topological polar surface area (TPSA) is 257 Å². The van der Waals surface area contributed by atoms with Crippen molar-refractivity contribution in [1.29, 1.82) is 0 Å². The summed E-state index contributed by atoms with van der Waals surface area (Å²) in [5.41, 5.74) is 24.8. The van der Waals surface area contributed by atoms with E-state index in [1.807, 2.05) is 0 Å². The largest absolute Gasteiger partial charge is 0.491 e. The summed E-state index contributed by atoms with van der Waals surface area (Å²) in [7, 11) is 0. The van der Waals surface area contributed by atoms with Crippen molar-refractivity contribution in [3.05, 3.63) is 105 Å². The molecule has 0 atom stereocenters. The van der Waals surface area contributed by atoms with E-state index < -0.39 is 0 Å². The van der Waals surface area contributed by atoms with E-state index in [9.17, 15) is 0 Å². The molecule has 2 aromatic heterocycles. The minimum atomic E-state index is 0.115. The van der Waals surface area contributed by atoms with E-state index in [4.69, 9.17) is 49.9 Å². The Morgan fingerprint density at radius 3 is 0.988 bits per heavy atom. The minimum Gasteiger partial charge on any atom is -0.491 e. The molecule has 0 spiro atoms. The molecule has 0 saturated carbocycles. The van der Waals surface area contributed by atoms with E-state index in [0.717, 1.165) is 132 Å². The number of anilines is 10. The number of nitrogens with two attached hydrogens (primary N) is 2. The fourth-order valence-corrected chi connectivity index (χ4v) is 9.58. The molecule has 3 aliphatic rings. The first-order chi connectivity index (χ1) is 39.2. The van der Waals surface area contributed by atoms with Crippen LogP contribution in [-0.2, 0) is 44.6 Å². The van der Waals surface area contributed by atoms with Crippen LogP contribution in [0, 0.1) is 0 Å². The van der Waals surface area contributed by atoms with Gasteiger partial charge in [0.1, 0.15) is 24.7 Å². The van der Waals surface area contributed by atoms with E-state index in [1.165, 1.54) is 0 Å². The van der Waals surface area contributed by atoms with Gasteiger partial charge in [0, 0.05) is 48.9 Å². The van der Waals surface area contributed by atoms with Crippen LogP contribution in [0.15, 0.2) is 60.7 Å². The van der Waals surface area contributed by atoms with Gasteiger partial charge in [-0.3, -0.25) is 0 Å². The highest BCUT2D eigenvalue weighted by Gasteiger charge is 2.22. The zero-order valence-corrected chi connectivity index (χ0v) is 47.4. The maximum Gasteiger partial charge on any atom is 0.233 e. The fraction of sp³-hybridized carbons (Fsp3) is 0.500. The zero-order chi connectivity index (χ0) is 55.7. The van der Waals surface area contributed by atoms with Gasteiger partial charge < -0.3 is 71.8 Å². The lowest BCUT2D eigenvalue weighted by Crippen LogP contribution is -2.15. The number of aromatic nitrogens is 6. The highest BCUT2D eigenvalue weighted by atomic mass is 16.6. The van der Waals surface area contributed by atoms with Gasteiger partial charge in [0.25, 0.3) is 0 Å². The summed E-state index contributed by atoms with van der Waals surface area (Å²) in [6, 6.07) is 22.0. The molecule has 80 heavy (non-hydrogen) atoms. The second-order valence-corrected chi connectivity index (χ2v) is 20.2. The van der Waals surface area contributed by atoms with Crippen LogP contribution in [-0.4, -0.2) is 122 Å². The smallest absolute Gasteiger partial charge is 0.233 e. The van der Waals surface area contributed by atoms with Crippen LogP contribution in [0.25, 0.3) is 0 Å². The van der Waals surface area contributed by atoms with E-state index in [1.54, 1.807) is 0 Å². The molecule has 10 N–H and O–H groups in total. The van der Waals surface area contributed by atoms with Gasteiger partial charge in [-0.05, 0) is 144 Å². The molecule has 10 bridgehead atoms. The number of nitrogens with one attached hydrogen (secondary N) is 6. The second kappa shape index (κ2) is 31.5. The van der Waals surface area contributed by atoms with Crippen LogP contribution >= 0.6 is 0 Å². The SMILES string of the molecule is CCCCNc1cc2cc(c1)Cc1cc3cc(c1Nc1nc(N)nc(NCCCC)n1)Cc1cc(cc(NCCCC)c1)Cc1cc(cc(c1Nc1nc(N)nc(NCCCC)n1)C2)OCCOCCOCCOCCOCCO3. The number of benzene rings is 4. The number of nitrogens with zero attached hydrogens (tertiary/aromatic N) is 6. The van der Waals surface area contributed by atoms with Crippen LogP contribution in [0.2, 0.25) is 0 Å². The number of fused-ring (bicyclic) bond motifs is 15. The molecular formula is C60H84N14O6. The molecule has 0 unspecified atom stereocenters. The predicted octanol–water partition coefficient (Wildman–Crippen LogP) is 10.1. The van der Waals surface area contributed by atoms with Crippen molar-refractivity contribution < 1.29 is 28.4 Å². The van der Waals surface area contributed by atoms with Crippen LogP contribution in [0.1, 0.15) is 124 Å². The Morgan fingerprint density at radius 2 is 0.662 bits per heavy atom. The highest BCUT2D eigenvalue weighted by molar-refractivity contribution is 5.71. The number of ether oxygens (including phenoxy) is 6. The summed E-state index contributed by atoms with van der Waals surface area (Å²) < 4.78 is 36.8. The number of hydrogen-bond acceptors (Lipinski definition) is 20. The van der Waals surface area contributed by atoms with Crippen molar-refractivity contribution in [2.75, 3.05) is 136 Å². The average Bonchev–Trinajstić information content (AvgIpc) is 3.43. The first-order valence-corrected chi connectivity index (χ1v) is 28.9. The molecular weight excluding hydrogens is 1010 g/mol. The standard InChI is InChI=1S/C60H84N14O6/c1-5-9-13-63-49-33-41-27-42(34-49)30-46-38-52-40-48(54(46)68-60-72-56(62)70-58(74-60)66-16-12-8-4)32-44-28-43(35-50(36-44)64-14-10-6-2)31-47-39-51(79-25-23-77-21-19-75-17-18-76-20-22-78-24-26-80-52)37-45(29-41)53(47)67-59-71-55(61)69-57(73-59)65-15-11-7-3/h27-28,33-40,63-64H,5-26,29-32H2,1-4H3,(H4,61,65,67,69,71,73)(H4,62,66,68,70,72,74). The first kappa shape index (κ1) is 58.9. The summed E-state index contributed by atoms with van der Waals surface area (Å²) in [5, 5.41) is 21.6. The summed E-state index contributed by atoms with van der Waals surface area (Å²) in [6.07, 6.45) is 10.2. The Bertz CT molecular complexity index is 2610. The fourth-order valence-electron chi connectivity index (χ4n) is 9.58. The lowest BCUT2D eigenvalue weighted by molar-refractivity contribution is -0.00699. The summed E-state index contributed by atoms with van der Waals surface area (Å²) >= 11 is 0. The van der Waals surface area contributed by atoms with E-state index in [2.05, 4.69) is 140 Å². The van der Waals surface area contributed by atoms with Crippen LogP contribution in [0.5, 0.6) is 11.5 Å². The van der Waals surface area contributed by atoms with Gasteiger partial charge in [-0.2, -0.15) is 29.9 Å². The molecule has 20 nitrogen and oxygen atoms in total. The van der Waals surface area contributed by atoms with Gasteiger partial charge in [0.05, 0.1) is 52.9 Å². The van der Waals surface area contributed by atoms with Gasteiger partial charge in [0.15, 0.2) is 0 Å². The molecule has 20 heteroatoms. The Labute approximate surface area is 472 Å². The van der Waals surface area contributed by atoms with Crippen molar-refractivity contribution >= 4 is 58.4 Å². The normalized spacial score (nSPS) is 14.5. The maximum absolute atomic E-state index is 6.63. The van der Waals surface area contributed by atoms with Gasteiger partial charge >= 0.3 is 0 Å². The van der Waals surface area contributed by atoms with Gasteiger partial charge in [-0.25, -0.2) is 0 Å². The quantitative estimate of drug-likeness (QED) is 0.0261. The summed E-state index contributed by atoms with van der Waals surface area (Å²) in [6.45, 7) is 15.8. The highest BCUT2D eigenvalue weighted by Crippen LogP contribution is 2.38. The Morgan fingerprint density at radius 1 is 0.362 bits per heavy atom. The maximum atomic E-state index is 6.63. The Kier molecular flexibility index (Phi) is 23.2. The summed E-state index contributed by atoms with van der Waals surface area (Å²) in [5.74, 6) is 3.16. The second-order valence-electron chi connectivity index (χ2n) is 20.2. The molecule has 430 valence electrons. The minimum absolute atomic E-state index is 0.115. The van der Waals surface area contributed by atoms with Crippen LogP contribution in [0.4, 0.5) is 58.4 Å². The Hall–Kier alpha value is -7.26. The molecule has 4 heterocycles. The molecule has 4 aromatic carbocycles. The van der Waals surface area contributed by atoms with Crippen molar-refractivity contribution in [1.82, 2.24) is 29.9 Å². The van der Waals surface area contributed by atoms with Crippen molar-refractivity contribution in [3.8, 4) is 11.5 Å². The lowest BCUT2D eigenvalue weighted by atomic mass is 9.90. The molecule has 0 fully saturated rings. The average molecular weight is 1100 g/mol. The zero-order valence-electron chi connectivity index (χ0n) is 47.4. The third-order valence-electron chi connectivity index (χ3n) is 13.5. The number of unbranched alkanes of at least 4 members (excludes halogenated alkanes) is 4. The van der Waals surface area contributed by atoms with Crippen molar-refractivity contribution in [2.24, 2.45) is 0 Å². The van der Waals surface area contributed by atoms with Gasteiger partial charge in [-0.15, -0.1) is 0 Å². The van der Waals surface area contributed by atoms with E-state index in [0.29, 0.717) is 140 Å². The molecule has 0 amide bonds. The predicted molar refractivity (Wildman–Crippen MR) is 320 cm³/mol. The lowest BCUT2D eigenvalue weighted by Gasteiger charge is -2.22. The van der Waals surface area contributed by atoms with E-state index in [-0.39, 0.29) is 11.9 Å². The number of hydrogen-bond donors (Lipinski definition) is 8. The number of nitrogen functional groups attached to an aromatic ring is 2. The molecule has 0 radical (unpaired) electrons. The first-order valence-electron chi connectivity index (χ1n) is 28.9. The molecule has 1 aliphatic carbocycles. The molecule has 0 saturated heterocycles. The molecule has 9 rings (SSSR count). The Balaban J connectivity index is 1.33. The third kappa shape index (κ3) is 18.7. The van der Waals surface area contributed by atoms with Crippen LogP contribution in [0.3, 0.4) is 0 Å². The van der Waals surface area contributed by atoms with Crippen molar-refractivity contribution in [3.63, 3.8) is 0 Å². The van der Waals surface area contributed by atoms with Gasteiger partial charge in [-0.1, -0.05) is 65.5 Å². The van der Waals surface area contributed by atoms with Gasteiger partial charge in [0.2, 0.25) is 35.7 Å². The van der Waals surface area contributed by atoms with E-state index >= 15 is 0 Å². The van der Waals surface area contributed by atoms with Crippen LogP contribution < -0.4 is 52.8 Å². The van der Waals surface area contributed by atoms with Crippen molar-refractivity contribution in [2.45, 2.75) is 105 Å². The summed E-state index contributed by atoms with van der Waals surface area (Å²) in [4.78, 5) is 27.9. The third-order valence-corrected chi connectivity index (χ3v) is 13.5. The molecule has 2 aliphatic heterocycles. The molecule has 6 aromatic rings. The monoisotopic (exact) mass is 1100 g/mol.